The highest BCUT2D eigenvalue weighted by molar-refractivity contribution is 7.13. The Hall–Kier alpha value is -3.47. The molecule has 4 rings (SSSR count). The van der Waals surface area contributed by atoms with Crippen molar-refractivity contribution in [3.05, 3.63) is 50.2 Å². The molecule has 4 heterocycles. The first-order valence-electron chi connectivity index (χ1n) is 8.08. The molecular formula is C16H15N7O3S. The van der Waals surface area contributed by atoms with Crippen molar-refractivity contribution >= 4 is 34.2 Å². The number of thiophene rings is 1. The van der Waals surface area contributed by atoms with Crippen LogP contribution < -0.4 is 16.6 Å². The molecule has 0 unspecified atom stereocenters. The van der Waals surface area contributed by atoms with E-state index < -0.39 is 11.2 Å². The normalized spacial score (nSPS) is 11.1. The molecule has 0 atom stereocenters. The van der Waals surface area contributed by atoms with Gasteiger partial charge in [-0.2, -0.15) is 5.10 Å². The molecule has 0 spiro atoms. The fourth-order valence-electron chi connectivity index (χ4n) is 2.65. The summed E-state index contributed by atoms with van der Waals surface area (Å²) in [5, 5.41) is 11.6. The number of carbonyl (C=O) groups excluding carboxylic acids is 1. The number of hydrogen-bond donors (Lipinski definition) is 4. The van der Waals surface area contributed by atoms with Crippen LogP contribution in [0.1, 0.15) is 12.2 Å². The van der Waals surface area contributed by atoms with E-state index >= 15 is 0 Å². The van der Waals surface area contributed by atoms with Crippen molar-refractivity contribution < 1.29 is 4.79 Å². The number of aromatic nitrogens is 6. The molecule has 10 nitrogen and oxygen atoms in total. The minimum Gasteiger partial charge on any atom is -0.336 e. The molecule has 4 aromatic rings. The minimum atomic E-state index is -0.539. The molecule has 0 bridgehead atoms. The number of imidazole rings is 1. The first-order valence-corrected chi connectivity index (χ1v) is 8.96. The van der Waals surface area contributed by atoms with Gasteiger partial charge in [-0.3, -0.25) is 24.2 Å². The topological polar surface area (TPSA) is 141 Å². The molecule has 0 saturated carbocycles. The Kier molecular flexibility index (Phi) is 4.20. The molecule has 4 aromatic heterocycles. The molecule has 0 fully saturated rings. The molecule has 0 radical (unpaired) electrons. The predicted molar refractivity (Wildman–Crippen MR) is 101 cm³/mol. The van der Waals surface area contributed by atoms with Crippen molar-refractivity contribution in [3.63, 3.8) is 0 Å². The van der Waals surface area contributed by atoms with Crippen molar-refractivity contribution in [2.45, 2.75) is 12.8 Å². The van der Waals surface area contributed by atoms with E-state index in [1.54, 1.807) is 17.4 Å². The quantitative estimate of drug-likeness (QED) is 0.405. The van der Waals surface area contributed by atoms with Crippen molar-refractivity contribution in [3.8, 4) is 10.6 Å². The van der Waals surface area contributed by atoms with Gasteiger partial charge < -0.3 is 10.3 Å². The van der Waals surface area contributed by atoms with Gasteiger partial charge in [-0.05, 0) is 11.4 Å². The molecular weight excluding hydrogens is 370 g/mol. The lowest BCUT2D eigenvalue weighted by atomic mass is 10.3. The Morgan fingerprint density at radius 2 is 2.19 bits per heavy atom. The molecule has 1 amide bonds. The van der Waals surface area contributed by atoms with Crippen LogP contribution in [0.5, 0.6) is 0 Å². The van der Waals surface area contributed by atoms with Gasteiger partial charge in [0.2, 0.25) is 5.91 Å². The summed E-state index contributed by atoms with van der Waals surface area (Å²) in [4.78, 5) is 45.9. The van der Waals surface area contributed by atoms with E-state index in [-0.39, 0.29) is 29.9 Å². The second-order valence-electron chi connectivity index (χ2n) is 5.89. The van der Waals surface area contributed by atoms with E-state index in [4.69, 9.17) is 0 Å². The maximum atomic E-state index is 12.2. The first kappa shape index (κ1) is 17.0. The van der Waals surface area contributed by atoms with Crippen molar-refractivity contribution in [2.24, 2.45) is 7.05 Å². The van der Waals surface area contributed by atoms with Crippen LogP contribution in [0.15, 0.2) is 33.2 Å². The molecule has 138 valence electrons. The molecule has 11 heteroatoms. The second kappa shape index (κ2) is 6.68. The van der Waals surface area contributed by atoms with E-state index in [1.165, 1.54) is 11.6 Å². The first-order chi connectivity index (χ1) is 13.0. The maximum Gasteiger partial charge on any atom is 0.329 e. The molecule has 0 saturated heterocycles. The van der Waals surface area contributed by atoms with E-state index in [0.717, 1.165) is 10.6 Å². The van der Waals surface area contributed by atoms with Crippen LogP contribution in [0, 0.1) is 0 Å². The van der Waals surface area contributed by atoms with Crippen molar-refractivity contribution in [2.75, 3.05) is 5.32 Å². The minimum absolute atomic E-state index is 0.146. The van der Waals surface area contributed by atoms with Gasteiger partial charge in [-0.1, -0.05) is 6.07 Å². The summed E-state index contributed by atoms with van der Waals surface area (Å²) >= 11 is 1.57. The third kappa shape index (κ3) is 3.31. The van der Waals surface area contributed by atoms with Crippen LogP contribution in [-0.2, 0) is 18.3 Å². The number of aromatic amines is 3. The molecule has 4 N–H and O–H groups in total. The highest BCUT2D eigenvalue weighted by atomic mass is 32.1. The Labute approximate surface area is 155 Å². The van der Waals surface area contributed by atoms with Gasteiger partial charge >= 0.3 is 5.69 Å². The zero-order chi connectivity index (χ0) is 19.0. The van der Waals surface area contributed by atoms with Crippen LogP contribution in [0.3, 0.4) is 0 Å². The second-order valence-corrected chi connectivity index (χ2v) is 6.84. The van der Waals surface area contributed by atoms with E-state index in [1.807, 2.05) is 17.5 Å². The molecule has 0 aliphatic carbocycles. The third-order valence-corrected chi connectivity index (χ3v) is 4.93. The van der Waals surface area contributed by atoms with E-state index in [9.17, 15) is 14.4 Å². The largest absolute Gasteiger partial charge is 0.336 e. The lowest BCUT2D eigenvalue weighted by Gasteiger charge is -1.99. The van der Waals surface area contributed by atoms with E-state index in [2.05, 4.69) is 30.5 Å². The standard InChI is InChI=1S/C16H15N7O3S/c1-23-14-13(15(25)20-16(23)26)18-10(19-14)4-5-12(24)17-11-7-8(21-22-11)9-3-2-6-27-9/h2-3,6-7H,4-5H2,1H3,(H,18,19)(H,20,25,26)(H2,17,21,22,24). The van der Waals surface area contributed by atoms with Crippen LogP contribution in [-0.4, -0.2) is 35.6 Å². The van der Waals surface area contributed by atoms with E-state index in [0.29, 0.717) is 11.6 Å². The number of nitrogens with one attached hydrogen (secondary N) is 4. The van der Waals surface area contributed by atoms with Gasteiger partial charge in [0.1, 0.15) is 11.3 Å². The van der Waals surface area contributed by atoms with Crippen LogP contribution in [0.2, 0.25) is 0 Å². The Bertz CT molecular complexity index is 1230. The number of H-pyrrole nitrogens is 3. The summed E-state index contributed by atoms with van der Waals surface area (Å²) in [5.41, 5.74) is 0.225. The van der Waals surface area contributed by atoms with Crippen molar-refractivity contribution in [1.82, 2.24) is 29.7 Å². The Morgan fingerprint density at radius 1 is 1.33 bits per heavy atom. The van der Waals surface area contributed by atoms with Crippen LogP contribution in [0.4, 0.5) is 5.82 Å². The molecule has 0 aromatic carbocycles. The van der Waals surface area contributed by atoms with Gasteiger partial charge in [-0.15, -0.1) is 11.3 Å². The zero-order valence-corrected chi connectivity index (χ0v) is 15.0. The third-order valence-electron chi connectivity index (χ3n) is 4.02. The SMILES string of the molecule is Cn1c(=O)[nH]c(=O)c2[nH]c(CCC(=O)Nc3cc(-c4cccs4)[nH]n3)nc21. The fourth-order valence-corrected chi connectivity index (χ4v) is 3.34. The summed E-state index contributed by atoms with van der Waals surface area (Å²) in [7, 11) is 1.51. The summed E-state index contributed by atoms with van der Waals surface area (Å²) < 4.78 is 1.24. The summed E-state index contributed by atoms with van der Waals surface area (Å²) in [5.74, 6) is 0.655. The molecule has 0 aliphatic heterocycles. The lowest BCUT2D eigenvalue weighted by Crippen LogP contribution is -2.28. The van der Waals surface area contributed by atoms with Crippen LogP contribution >= 0.6 is 11.3 Å². The van der Waals surface area contributed by atoms with Gasteiger partial charge in [0.15, 0.2) is 11.5 Å². The highest BCUT2D eigenvalue weighted by Gasteiger charge is 2.13. The number of fused-ring (bicyclic) bond motifs is 1. The smallest absolute Gasteiger partial charge is 0.329 e. The number of rotatable bonds is 5. The van der Waals surface area contributed by atoms with Gasteiger partial charge in [0, 0.05) is 26.0 Å². The number of carbonyl (C=O) groups is 1. The monoisotopic (exact) mass is 385 g/mol. The number of anilines is 1. The highest BCUT2D eigenvalue weighted by Crippen LogP contribution is 2.24. The number of hydrogen-bond acceptors (Lipinski definition) is 6. The average Bonchev–Trinajstić information content (AvgIpc) is 3.37. The van der Waals surface area contributed by atoms with Crippen molar-refractivity contribution in [1.29, 1.82) is 0 Å². The number of amides is 1. The zero-order valence-electron chi connectivity index (χ0n) is 14.2. The summed E-state index contributed by atoms with van der Waals surface area (Å²) in [6.45, 7) is 0. The summed E-state index contributed by atoms with van der Waals surface area (Å²) in [6.07, 6.45) is 0.434. The van der Waals surface area contributed by atoms with Gasteiger partial charge in [0.05, 0.1) is 10.6 Å². The molecule has 0 aliphatic rings. The van der Waals surface area contributed by atoms with Gasteiger partial charge in [-0.25, -0.2) is 9.78 Å². The summed E-state index contributed by atoms with van der Waals surface area (Å²) in [6, 6.07) is 5.66. The van der Waals surface area contributed by atoms with Gasteiger partial charge in [0.25, 0.3) is 5.56 Å². The maximum absolute atomic E-state index is 12.2. The Morgan fingerprint density at radius 3 is 2.96 bits per heavy atom. The fraction of sp³-hybridized carbons (Fsp3) is 0.188. The Balaban J connectivity index is 1.43. The molecule has 27 heavy (non-hydrogen) atoms. The average molecular weight is 385 g/mol. The predicted octanol–water partition coefficient (Wildman–Crippen LogP) is 0.973. The lowest BCUT2D eigenvalue weighted by molar-refractivity contribution is -0.116. The van der Waals surface area contributed by atoms with Crippen LogP contribution in [0.25, 0.3) is 21.7 Å². The number of nitrogens with zero attached hydrogens (tertiary/aromatic N) is 3. The number of aryl methyl sites for hydroxylation is 2.